The molecule has 0 N–H and O–H groups in total. The van der Waals surface area contributed by atoms with Gasteiger partial charge in [-0.2, -0.15) is 13.2 Å². The molecule has 1 rings (SSSR count). The number of unbranched alkanes of at least 4 members (excludes halogenated alkanes) is 3. The number of alkyl halides is 3. The van der Waals surface area contributed by atoms with Crippen LogP contribution in [0, 0.1) is 0 Å². The highest BCUT2D eigenvalue weighted by molar-refractivity contribution is 6.44. The van der Waals surface area contributed by atoms with E-state index in [1.807, 2.05) is 13.8 Å². The van der Waals surface area contributed by atoms with Gasteiger partial charge in [0.2, 0.25) is 0 Å². The number of aryl methyl sites for hydroxylation is 1. The van der Waals surface area contributed by atoms with Gasteiger partial charge in [-0.25, -0.2) is 0 Å². The molecule has 0 heterocycles. The van der Waals surface area contributed by atoms with Gasteiger partial charge in [0.25, 0.3) is 0 Å². The van der Waals surface area contributed by atoms with Gasteiger partial charge in [0.05, 0.1) is 5.56 Å². The maximum atomic E-state index is 12.5. The molecule has 6 heteroatoms. The largest absolute Gasteiger partial charge is 0.416 e. The van der Waals surface area contributed by atoms with Gasteiger partial charge >= 0.3 is 15.5 Å². The summed E-state index contributed by atoms with van der Waals surface area (Å²) >= 11 is 0. The van der Waals surface area contributed by atoms with E-state index in [1.165, 1.54) is 0 Å². The molecule has 0 radical (unpaired) electrons. The van der Waals surface area contributed by atoms with Crippen LogP contribution in [-0.2, 0) is 21.4 Å². The fraction of sp³-hybridized carbons (Fsp3) is 0.647. The molecule has 132 valence electrons. The third kappa shape index (κ3) is 8.53. The summed E-state index contributed by atoms with van der Waals surface area (Å²) in [4.78, 5) is 0. The van der Waals surface area contributed by atoms with Crippen molar-refractivity contribution in [1.82, 2.24) is 0 Å². The Labute approximate surface area is 138 Å². The number of halogens is 3. The second-order valence-corrected chi connectivity index (χ2v) is 7.59. The summed E-state index contributed by atoms with van der Waals surface area (Å²) in [5.74, 6) is 0. The third-order valence-corrected chi connectivity index (χ3v) is 5.93. The first-order valence-corrected chi connectivity index (χ1v) is 10.1. The van der Waals surface area contributed by atoms with Gasteiger partial charge < -0.3 is 8.85 Å². The van der Waals surface area contributed by atoms with Crippen molar-refractivity contribution in [1.29, 1.82) is 0 Å². The summed E-state index contributed by atoms with van der Waals surface area (Å²) in [5.41, 5.74) is 0.387. The first-order chi connectivity index (χ1) is 11.0. The minimum atomic E-state index is -4.25. The standard InChI is InChI=1S/C17H27F3O2Si/c1-3-21-23(22-4-2)14-8-6-5-7-9-15-10-12-16(13-11-15)17(18,19)20/h10-13,23H,3-9,14H2,1-2H3. The molecule has 0 saturated carbocycles. The first kappa shape index (κ1) is 20.2. The Hall–Kier alpha value is -0.853. The fourth-order valence-electron chi connectivity index (χ4n) is 2.44. The monoisotopic (exact) mass is 348 g/mol. The van der Waals surface area contributed by atoms with E-state index < -0.39 is 21.0 Å². The molecule has 0 aliphatic heterocycles. The Morgan fingerprint density at radius 3 is 1.96 bits per heavy atom. The van der Waals surface area contributed by atoms with E-state index in [-0.39, 0.29) is 0 Å². The van der Waals surface area contributed by atoms with Gasteiger partial charge in [0.1, 0.15) is 0 Å². The lowest BCUT2D eigenvalue weighted by molar-refractivity contribution is -0.137. The maximum absolute atomic E-state index is 12.5. The van der Waals surface area contributed by atoms with E-state index in [1.54, 1.807) is 12.1 Å². The average molecular weight is 348 g/mol. The number of benzene rings is 1. The molecule has 23 heavy (non-hydrogen) atoms. The Kier molecular flexibility index (Phi) is 9.51. The van der Waals surface area contributed by atoms with Crippen LogP contribution >= 0.6 is 0 Å². The lowest BCUT2D eigenvalue weighted by atomic mass is 10.0. The molecule has 2 nitrogen and oxygen atoms in total. The highest BCUT2D eigenvalue weighted by atomic mass is 28.3. The highest BCUT2D eigenvalue weighted by Gasteiger charge is 2.29. The van der Waals surface area contributed by atoms with Gasteiger partial charge in [0.15, 0.2) is 0 Å². The van der Waals surface area contributed by atoms with Crippen LogP contribution in [0.4, 0.5) is 13.2 Å². The Balaban J connectivity index is 2.17. The summed E-state index contributed by atoms with van der Waals surface area (Å²) in [6.07, 6.45) is 0.880. The SMILES string of the molecule is CCO[SiH](CCCCCCc1ccc(C(F)(F)F)cc1)OCC. The second kappa shape index (κ2) is 10.8. The molecular weight excluding hydrogens is 321 g/mol. The van der Waals surface area contributed by atoms with Crippen LogP contribution in [0.3, 0.4) is 0 Å². The third-order valence-electron chi connectivity index (χ3n) is 3.64. The van der Waals surface area contributed by atoms with E-state index in [9.17, 15) is 13.2 Å². The van der Waals surface area contributed by atoms with Crippen molar-refractivity contribution in [3.8, 4) is 0 Å². The smallest absolute Gasteiger partial charge is 0.397 e. The van der Waals surface area contributed by atoms with Crippen LogP contribution in [-0.4, -0.2) is 22.5 Å². The zero-order valence-electron chi connectivity index (χ0n) is 14.0. The zero-order valence-corrected chi connectivity index (χ0v) is 15.1. The minimum Gasteiger partial charge on any atom is -0.397 e. The van der Waals surface area contributed by atoms with Gasteiger partial charge in [0, 0.05) is 13.2 Å². The molecule has 0 amide bonds. The van der Waals surface area contributed by atoms with Crippen LogP contribution in [0.5, 0.6) is 0 Å². The van der Waals surface area contributed by atoms with Crippen molar-refractivity contribution >= 4 is 9.28 Å². The van der Waals surface area contributed by atoms with Crippen LogP contribution in [0.15, 0.2) is 24.3 Å². The molecule has 0 unspecified atom stereocenters. The molecule has 0 aliphatic carbocycles. The summed E-state index contributed by atoms with van der Waals surface area (Å²) in [6, 6.07) is 6.51. The quantitative estimate of drug-likeness (QED) is 0.409. The average Bonchev–Trinajstić information content (AvgIpc) is 2.50. The van der Waals surface area contributed by atoms with E-state index in [0.717, 1.165) is 55.8 Å². The van der Waals surface area contributed by atoms with Crippen LogP contribution in [0.2, 0.25) is 6.04 Å². The van der Waals surface area contributed by atoms with Crippen molar-refractivity contribution in [2.45, 2.75) is 58.2 Å². The summed E-state index contributed by atoms with van der Waals surface area (Å²) in [6.45, 7) is 5.40. The molecule has 1 aromatic carbocycles. The minimum absolute atomic E-state index is 0.580. The van der Waals surface area contributed by atoms with E-state index in [2.05, 4.69) is 0 Å². The topological polar surface area (TPSA) is 18.5 Å². The summed E-state index contributed by atoms with van der Waals surface area (Å²) < 4.78 is 48.6. The maximum Gasteiger partial charge on any atom is 0.416 e. The molecule has 0 atom stereocenters. The van der Waals surface area contributed by atoms with Crippen molar-refractivity contribution in [2.24, 2.45) is 0 Å². The molecule has 1 aromatic rings. The zero-order chi connectivity index (χ0) is 17.1. The summed E-state index contributed by atoms with van der Waals surface area (Å²) in [5, 5.41) is 0. The van der Waals surface area contributed by atoms with E-state index >= 15 is 0 Å². The van der Waals surface area contributed by atoms with Crippen LogP contribution in [0.25, 0.3) is 0 Å². The Morgan fingerprint density at radius 1 is 0.870 bits per heavy atom. The predicted molar refractivity (Wildman–Crippen MR) is 88.8 cm³/mol. The van der Waals surface area contributed by atoms with Gasteiger partial charge in [-0.15, -0.1) is 0 Å². The second-order valence-electron chi connectivity index (χ2n) is 5.49. The van der Waals surface area contributed by atoms with E-state index in [4.69, 9.17) is 8.85 Å². The first-order valence-electron chi connectivity index (χ1n) is 8.36. The van der Waals surface area contributed by atoms with Gasteiger partial charge in [-0.1, -0.05) is 31.4 Å². The molecular formula is C17H27F3O2Si. The lowest BCUT2D eigenvalue weighted by Gasteiger charge is -2.14. The predicted octanol–water partition coefficient (Wildman–Crippen LogP) is 5.10. The van der Waals surface area contributed by atoms with Crippen LogP contribution < -0.4 is 0 Å². The van der Waals surface area contributed by atoms with Crippen molar-refractivity contribution in [2.75, 3.05) is 13.2 Å². The number of hydrogen-bond donors (Lipinski definition) is 0. The molecule has 0 spiro atoms. The highest BCUT2D eigenvalue weighted by Crippen LogP contribution is 2.29. The molecule has 0 aromatic heterocycles. The van der Waals surface area contributed by atoms with Gasteiger partial charge in [-0.05, 0) is 50.4 Å². The molecule has 0 saturated heterocycles. The molecule has 0 bridgehead atoms. The number of rotatable bonds is 11. The summed E-state index contributed by atoms with van der Waals surface area (Å²) in [7, 11) is -1.47. The Bertz CT molecular complexity index is 415. The van der Waals surface area contributed by atoms with Crippen molar-refractivity contribution in [3.63, 3.8) is 0 Å². The normalized spacial score (nSPS) is 12.1. The molecule has 0 fully saturated rings. The fourth-order valence-corrected chi connectivity index (χ4v) is 4.24. The molecule has 0 aliphatic rings. The van der Waals surface area contributed by atoms with Gasteiger partial charge in [-0.3, -0.25) is 0 Å². The van der Waals surface area contributed by atoms with Crippen molar-refractivity contribution in [3.05, 3.63) is 35.4 Å². The van der Waals surface area contributed by atoms with E-state index in [0.29, 0.717) is 13.2 Å². The Morgan fingerprint density at radius 2 is 1.43 bits per heavy atom. The number of hydrogen-bond acceptors (Lipinski definition) is 2. The van der Waals surface area contributed by atoms with Crippen molar-refractivity contribution < 1.29 is 22.0 Å². The lowest BCUT2D eigenvalue weighted by Crippen LogP contribution is -2.22. The van der Waals surface area contributed by atoms with Crippen LogP contribution in [0.1, 0.15) is 50.7 Å².